The molecule has 0 bridgehead atoms. The molecule has 2 aromatic heterocycles. The third-order valence-electron chi connectivity index (χ3n) is 3.47. The van der Waals surface area contributed by atoms with E-state index in [9.17, 15) is 4.79 Å². The number of benzene rings is 1. The van der Waals surface area contributed by atoms with E-state index in [1.165, 1.54) is 0 Å². The van der Waals surface area contributed by atoms with Crippen molar-refractivity contribution in [3.05, 3.63) is 45.5 Å². The van der Waals surface area contributed by atoms with Gasteiger partial charge in [-0.25, -0.2) is 4.79 Å². The van der Waals surface area contributed by atoms with Crippen molar-refractivity contribution in [2.45, 2.75) is 33.6 Å². The molecule has 0 aliphatic carbocycles. The van der Waals surface area contributed by atoms with Gasteiger partial charge in [0.25, 0.3) is 0 Å². The molecule has 1 aromatic carbocycles. The van der Waals surface area contributed by atoms with Crippen molar-refractivity contribution >= 4 is 21.9 Å². The molecule has 19 heavy (non-hydrogen) atoms. The lowest BCUT2D eigenvalue weighted by atomic mass is 10.0. The molecule has 3 rings (SSSR count). The van der Waals surface area contributed by atoms with Gasteiger partial charge in [0.2, 0.25) is 0 Å². The largest absolute Gasteiger partial charge is 0.461 e. The minimum Gasteiger partial charge on any atom is -0.461 e. The van der Waals surface area contributed by atoms with Crippen LogP contribution in [0.1, 0.15) is 30.2 Å². The topological polar surface area (TPSA) is 43.4 Å². The number of furan rings is 1. The molecule has 0 amide bonds. The van der Waals surface area contributed by atoms with Crippen LogP contribution in [-0.2, 0) is 6.42 Å². The number of fused-ring (bicyclic) bond motifs is 2. The molecule has 0 N–H and O–H groups in total. The molecule has 0 atom stereocenters. The fraction of sp³-hybridized carbons (Fsp3) is 0.312. The Kier molecular flexibility index (Phi) is 2.70. The van der Waals surface area contributed by atoms with Crippen LogP contribution in [0.25, 0.3) is 21.9 Å². The zero-order valence-electron chi connectivity index (χ0n) is 11.4. The van der Waals surface area contributed by atoms with Gasteiger partial charge in [-0.05, 0) is 38.0 Å². The number of rotatable bonds is 2. The van der Waals surface area contributed by atoms with E-state index in [1.807, 2.05) is 19.9 Å². The highest BCUT2D eigenvalue weighted by Crippen LogP contribution is 2.31. The minimum absolute atomic E-state index is 0.290. The van der Waals surface area contributed by atoms with Crippen molar-refractivity contribution < 1.29 is 8.83 Å². The molecule has 0 fully saturated rings. The molecule has 2 heterocycles. The van der Waals surface area contributed by atoms with Crippen LogP contribution < -0.4 is 5.63 Å². The lowest BCUT2D eigenvalue weighted by Crippen LogP contribution is -2.01. The summed E-state index contributed by atoms with van der Waals surface area (Å²) in [6, 6.07) is 5.68. The van der Waals surface area contributed by atoms with E-state index >= 15 is 0 Å². The maximum Gasteiger partial charge on any atom is 0.336 e. The summed E-state index contributed by atoms with van der Waals surface area (Å²) < 4.78 is 11.1. The molecule has 0 saturated carbocycles. The summed E-state index contributed by atoms with van der Waals surface area (Å²) in [5, 5.41) is 2.08. The summed E-state index contributed by atoms with van der Waals surface area (Å²) in [6.45, 7) is 5.97. The summed E-state index contributed by atoms with van der Waals surface area (Å²) in [5.74, 6) is 0.868. The molecule has 3 nitrogen and oxygen atoms in total. The van der Waals surface area contributed by atoms with Crippen LogP contribution in [0.3, 0.4) is 0 Å². The molecule has 0 radical (unpaired) electrons. The van der Waals surface area contributed by atoms with Crippen LogP contribution in [0.2, 0.25) is 0 Å². The van der Waals surface area contributed by atoms with E-state index in [1.54, 1.807) is 6.07 Å². The molecule has 3 heteroatoms. The third kappa shape index (κ3) is 1.86. The Morgan fingerprint density at radius 2 is 1.84 bits per heavy atom. The van der Waals surface area contributed by atoms with Gasteiger partial charge in [0.15, 0.2) is 0 Å². The SMILES string of the molecule is CCCc1cc(=O)oc2c(C)c3oc(C)cc3cc12. The second-order valence-corrected chi connectivity index (χ2v) is 4.99. The number of hydrogen-bond acceptors (Lipinski definition) is 3. The van der Waals surface area contributed by atoms with Crippen molar-refractivity contribution in [3.63, 3.8) is 0 Å². The van der Waals surface area contributed by atoms with Crippen molar-refractivity contribution in [1.29, 1.82) is 0 Å². The highest BCUT2D eigenvalue weighted by molar-refractivity contribution is 5.98. The zero-order chi connectivity index (χ0) is 13.6. The van der Waals surface area contributed by atoms with Gasteiger partial charge in [-0.1, -0.05) is 13.3 Å². The summed E-state index contributed by atoms with van der Waals surface area (Å²) in [4.78, 5) is 11.7. The lowest BCUT2D eigenvalue weighted by Gasteiger charge is -2.06. The van der Waals surface area contributed by atoms with E-state index < -0.39 is 0 Å². The van der Waals surface area contributed by atoms with E-state index in [4.69, 9.17) is 8.83 Å². The van der Waals surface area contributed by atoms with Gasteiger partial charge in [-0.15, -0.1) is 0 Å². The lowest BCUT2D eigenvalue weighted by molar-refractivity contribution is 0.550. The Morgan fingerprint density at radius 3 is 2.58 bits per heavy atom. The molecule has 0 saturated heterocycles. The summed E-state index contributed by atoms with van der Waals surface area (Å²) in [6.07, 6.45) is 1.88. The Morgan fingerprint density at radius 1 is 1.05 bits per heavy atom. The number of hydrogen-bond donors (Lipinski definition) is 0. The van der Waals surface area contributed by atoms with Crippen LogP contribution >= 0.6 is 0 Å². The van der Waals surface area contributed by atoms with Crippen molar-refractivity contribution in [2.75, 3.05) is 0 Å². The highest BCUT2D eigenvalue weighted by atomic mass is 16.4. The first-order chi connectivity index (χ1) is 9.10. The van der Waals surface area contributed by atoms with Crippen LogP contribution in [0.4, 0.5) is 0 Å². The fourth-order valence-electron chi connectivity index (χ4n) is 2.66. The fourth-order valence-corrected chi connectivity index (χ4v) is 2.66. The van der Waals surface area contributed by atoms with E-state index in [0.29, 0.717) is 5.58 Å². The standard InChI is InChI=1S/C16H16O3/c1-4-5-11-8-14(17)19-16-10(3)15-12(7-13(11)16)6-9(2)18-15/h6-8H,4-5H2,1-3H3. The van der Waals surface area contributed by atoms with Gasteiger partial charge in [0.1, 0.15) is 16.9 Å². The Balaban J connectivity index is 2.49. The third-order valence-corrected chi connectivity index (χ3v) is 3.47. The smallest absolute Gasteiger partial charge is 0.336 e. The number of aryl methyl sites for hydroxylation is 3. The molecule has 98 valence electrons. The molecule has 0 aliphatic heterocycles. The van der Waals surface area contributed by atoms with Crippen molar-refractivity contribution in [2.24, 2.45) is 0 Å². The maximum absolute atomic E-state index is 11.7. The summed E-state index contributed by atoms with van der Waals surface area (Å²) in [5.41, 5.74) is 3.12. The van der Waals surface area contributed by atoms with Gasteiger partial charge in [-0.3, -0.25) is 0 Å². The van der Waals surface area contributed by atoms with Gasteiger partial charge < -0.3 is 8.83 Å². The monoisotopic (exact) mass is 256 g/mol. The predicted octanol–water partition coefficient (Wildman–Crippen LogP) is 4.11. The molecule has 0 aliphatic rings. The van der Waals surface area contributed by atoms with E-state index in [2.05, 4.69) is 13.0 Å². The van der Waals surface area contributed by atoms with Crippen LogP contribution in [-0.4, -0.2) is 0 Å². The highest BCUT2D eigenvalue weighted by Gasteiger charge is 2.13. The van der Waals surface area contributed by atoms with Crippen molar-refractivity contribution in [1.82, 2.24) is 0 Å². The molecule has 0 unspecified atom stereocenters. The molecule has 3 aromatic rings. The maximum atomic E-state index is 11.7. The second-order valence-electron chi connectivity index (χ2n) is 4.99. The van der Waals surface area contributed by atoms with Crippen molar-refractivity contribution in [3.8, 4) is 0 Å². The van der Waals surface area contributed by atoms with E-state index in [0.717, 1.165) is 46.1 Å². The van der Waals surface area contributed by atoms with E-state index in [-0.39, 0.29) is 5.63 Å². The van der Waals surface area contributed by atoms with Gasteiger partial charge in [0, 0.05) is 22.4 Å². The second kappa shape index (κ2) is 4.26. The van der Waals surface area contributed by atoms with Crippen LogP contribution in [0, 0.1) is 13.8 Å². The molecule has 0 spiro atoms. The summed E-state index contributed by atoms with van der Waals surface area (Å²) >= 11 is 0. The van der Waals surface area contributed by atoms with Gasteiger partial charge in [-0.2, -0.15) is 0 Å². The zero-order valence-corrected chi connectivity index (χ0v) is 11.4. The Labute approximate surface area is 110 Å². The Bertz CT molecular complexity index is 821. The van der Waals surface area contributed by atoms with Gasteiger partial charge >= 0.3 is 5.63 Å². The minimum atomic E-state index is -0.290. The molecular formula is C16H16O3. The predicted molar refractivity (Wildman–Crippen MR) is 75.7 cm³/mol. The molecular weight excluding hydrogens is 240 g/mol. The average Bonchev–Trinajstić information content (AvgIpc) is 2.72. The first-order valence-electron chi connectivity index (χ1n) is 6.56. The quantitative estimate of drug-likeness (QED) is 0.648. The van der Waals surface area contributed by atoms with Crippen LogP contribution in [0.5, 0.6) is 0 Å². The normalized spacial score (nSPS) is 11.5. The van der Waals surface area contributed by atoms with Crippen LogP contribution in [0.15, 0.2) is 31.8 Å². The summed E-state index contributed by atoms with van der Waals surface area (Å²) in [7, 11) is 0. The first kappa shape index (κ1) is 12.0. The van der Waals surface area contributed by atoms with Gasteiger partial charge in [0.05, 0.1) is 0 Å². The Hall–Kier alpha value is -2.03. The first-order valence-corrected chi connectivity index (χ1v) is 6.56. The average molecular weight is 256 g/mol.